The Morgan fingerprint density at radius 1 is 1.15 bits per heavy atom. The number of anilines is 1. The molecule has 5 rings (SSSR count). The Kier molecular flexibility index (Phi) is 6.08. The molecule has 0 N–H and O–H groups in total. The molecule has 0 spiro atoms. The highest BCUT2D eigenvalue weighted by Gasteiger charge is 2.35. The molecule has 7 heteroatoms. The van der Waals surface area contributed by atoms with Crippen molar-refractivity contribution in [3.05, 3.63) is 82.4 Å². The second-order valence-electron chi connectivity index (χ2n) is 9.07. The van der Waals surface area contributed by atoms with E-state index in [1.54, 1.807) is 12.1 Å². The molecular weight excluding hydrogens is 428 g/mol. The smallest absolute Gasteiger partial charge is 0.289 e. The van der Waals surface area contributed by atoms with Crippen LogP contribution in [0.15, 0.2) is 53.1 Å². The van der Waals surface area contributed by atoms with Gasteiger partial charge in [0.15, 0.2) is 5.76 Å². The lowest BCUT2D eigenvalue weighted by Gasteiger charge is -2.43. The molecule has 0 aliphatic carbocycles. The fourth-order valence-electron chi connectivity index (χ4n) is 5.00. The van der Waals surface area contributed by atoms with Crippen molar-refractivity contribution in [2.75, 3.05) is 31.1 Å². The summed E-state index contributed by atoms with van der Waals surface area (Å²) in [6, 6.07) is 15.9. The number of pyridine rings is 1. The molecular formula is C27H28N4O3. The maximum absolute atomic E-state index is 13.1. The maximum Gasteiger partial charge on any atom is 0.289 e. The van der Waals surface area contributed by atoms with E-state index in [0.717, 1.165) is 22.4 Å². The number of fused-ring (bicyclic) bond motifs is 1. The minimum absolute atomic E-state index is 0.121. The fourth-order valence-corrected chi connectivity index (χ4v) is 5.00. The molecule has 4 heterocycles. The van der Waals surface area contributed by atoms with Crippen LogP contribution >= 0.6 is 0 Å². The Labute approximate surface area is 199 Å². The first-order chi connectivity index (χ1) is 16.6. The van der Waals surface area contributed by atoms with Gasteiger partial charge >= 0.3 is 0 Å². The summed E-state index contributed by atoms with van der Waals surface area (Å²) in [6.07, 6.45) is 2.23. The predicted molar refractivity (Wildman–Crippen MR) is 128 cm³/mol. The van der Waals surface area contributed by atoms with Gasteiger partial charge in [0.05, 0.1) is 36.8 Å². The Bertz CT molecular complexity index is 1210. The van der Waals surface area contributed by atoms with Crippen LogP contribution in [0, 0.1) is 11.3 Å². The zero-order valence-corrected chi connectivity index (χ0v) is 19.5. The predicted octanol–water partition coefficient (Wildman–Crippen LogP) is 4.45. The number of nitrogens with zero attached hydrogens (tertiary/aromatic N) is 4. The van der Waals surface area contributed by atoms with Gasteiger partial charge in [0.1, 0.15) is 11.9 Å². The first-order valence-electron chi connectivity index (χ1n) is 11.8. The maximum atomic E-state index is 13.1. The second kappa shape index (κ2) is 9.32. The van der Waals surface area contributed by atoms with E-state index in [1.165, 1.54) is 6.26 Å². The number of rotatable bonds is 4. The third-order valence-electron chi connectivity index (χ3n) is 6.68. The largest absolute Gasteiger partial charge is 0.459 e. The van der Waals surface area contributed by atoms with Gasteiger partial charge in [-0.25, -0.2) is 4.98 Å². The molecule has 1 amide bonds. The standard InChI is InChI=1S/C27H28N4O3/c1-18(2)25-22-17-33-14-10-20(22)21(15-28)26(29-25)31-12-11-30(27(32)24-9-6-13-34-24)16-23(31)19-7-4-3-5-8-19/h3-9,13,18,23H,10-12,14,16-17H2,1-2H3. The van der Waals surface area contributed by atoms with Crippen molar-refractivity contribution in [3.8, 4) is 6.07 Å². The molecule has 1 atom stereocenters. The first-order valence-corrected chi connectivity index (χ1v) is 11.8. The zero-order valence-electron chi connectivity index (χ0n) is 19.5. The number of hydrogen-bond donors (Lipinski definition) is 0. The van der Waals surface area contributed by atoms with E-state index in [9.17, 15) is 10.1 Å². The molecule has 0 saturated carbocycles. The number of nitriles is 1. The highest BCUT2D eigenvalue weighted by Crippen LogP contribution is 2.37. The lowest BCUT2D eigenvalue weighted by Crippen LogP contribution is -2.51. The molecule has 2 aliphatic rings. The lowest BCUT2D eigenvalue weighted by molar-refractivity contribution is 0.0689. The lowest BCUT2D eigenvalue weighted by atomic mass is 9.92. The van der Waals surface area contributed by atoms with Crippen LogP contribution in [-0.2, 0) is 17.8 Å². The van der Waals surface area contributed by atoms with Gasteiger partial charge in [0, 0.05) is 25.2 Å². The average Bonchev–Trinajstić information content (AvgIpc) is 3.42. The molecule has 1 saturated heterocycles. The number of carbonyl (C=O) groups excluding carboxylic acids is 1. The molecule has 1 unspecified atom stereocenters. The number of piperazine rings is 1. The van der Waals surface area contributed by atoms with E-state index >= 15 is 0 Å². The number of benzene rings is 1. The monoisotopic (exact) mass is 456 g/mol. The second-order valence-corrected chi connectivity index (χ2v) is 9.07. The number of ether oxygens (including phenoxy) is 1. The van der Waals surface area contributed by atoms with Crippen molar-refractivity contribution in [2.24, 2.45) is 0 Å². The summed E-state index contributed by atoms with van der Waals surface area (Å²) in [4.78, 5) is 22.2. The molecule has 174 valence electrons. The van der Waals surface area contributed by atoms with Crippen molar-refractivity contribution in [2.45, 2.75) is 38.8 Å². The van der Waals surface area contributed by atoms with E-state index in [0.29, 0.717) is 56.4 Å². The Balaban J connectivity index is 1.59. The van der Waals surface area contributed by atoms with Crippen molar-refractivity contribution < 1.29 is 13.9 Å². The average molecular weight is 457 g/mol. The SMILES string of the molecule is CC(C)c1nc(N2CCN(C(=O)c3ccco3)CC2c2ccccc2)c(C#N)c2c1COCC2. The zero-order chi connectivity index (χ0) is 23.7. The number of amides is 1. The Hall–Kier alpha value is -3.63. The van der Waals surface area contributed by atoms with Crippen molar-refractivity contribution >= 4 is 11.7 Å². The molecule has 1 fully saturated rings. The third-order valence-corrected chi connectivity index (χ3v) is 6.68. The van der Waals surface area contributed by atoms with Crippen LogP contribution in [-0.4, -0.2) is 42.0 Å². The summed E-state index contributed by atoms with van der Waals surface area (Å²) < 4.78 is 11.1. The van der Waals surface area contributed by atoms with Crippen LogP contribution in [0.3, 0.4) is 0 Å². The summed E-state index contributed by atoms with van der Waals surface area (Å²) >= 11 is 0. The van der Waals surface area contributed by atoms with Crippen LogP contribution in [0.5, 0.6) is 0 Å². The normalized spacial score (nSPS) is 18.0. The quantitative estimate of drug-likeness (QED) is 0.577. The third kappa shape index (κ3) is 3.95. The summed E-state index contributed by atoms with van der Waals surface area (Å²) in [5, 5.41) is 10.2. The number of hydrogen-bond acceptors (Lipinski definition) is 6. The summed E-state index contributed by atoms with van der Waals surface area (Å²) in [5.74, 6) is 1.14. The molecule has 0 bridgehead atoms. The Morgan fingerprint density at radius 3 is 2.68 bits per heavy atom. The van der Waals surface area contributed by atoms with E-state index in [1.807, 2.05) is 23.1 Å². The molecule has 7 nitrogen and oxygen atoms in total. The van der Waals surface area contributed by atoms with E-state index in [4.69, 9.17) is 14.1 Å². The van der Waals surface area contributed by atoms with Gasteiger partial charge in [-0.05, 0) is 35.6 Å². The summed E-state index contributed by atoms with van der Waals surface area (Å²) in [7, 11) is 0. The van der Waals surface area contributed by atoms with Crippen LogP contribution in [0.2, 0.25) is 0 Å². The molecule has 3 aromatic rings. The highest BCUT2D eigenvalue weighted by atomic mass is 16.5. The number of furan rings is 1. The van der Waals surface area contributed by atoms with Crippen LogP contribution in [0.25, 0.3) is 0 Å². The number of aromatic nitrogens is 1. The fraction of sp³-hybridized carbons (Fsp3) is 0.370. The minimum Gasteiger partial charge on any atom is -0.459 e. The van der Waals surface area contributed by atoms with Crippen LogP contribution in [0.1, 0.15) is 64.3 Å². The van der Waals surface area contributed by atoms with Gasteiger partial charge < -0.3 is 19.0 Å². The van der Waals surface area contributed by atoms with Crippen molar-refractivity contribution in [1.82, 2.24) is 9.88 Å². The van der Waals surface area contributed by atoms with Gasteiger partial charge in [-0.3, -0.25) is 4.79 Å². The molecule has 34 heavy (non-hydrogen) atoms. The molecule has 2 aliphatic heterocycles. The number of carbonyl (C=O) groups is 1. The Morgan fingerprint density at radius 2 is 1.97 bits per heavy atom. The van der Waals surface area contributed by atoms with Gasteiger partial charge in [0.25, 0.3) is 5.91 Å². The van der Waals surface area contributed by atoms with E-state index in [-0.39, 0.29) is 17.9 Å². The van der Waals surface area contributed by atoms with Gasteiger partial charge in [-0.2, -0.15) is 5.26 Å². The molecule has 2 aromatic heterocycles. The molecule has 0 radical (unpaired) electrons. The van der Waals surface area contributed by atoms with E-state index < -0.39 is 0 Å². The topological polar surface area (TPSA) is 82.6 Å². The van der Waals surface area contributed by atoms with Crippen LogP contribution in [0.4, 0.5) is 5.82 Å². The van der Waals surface area contributed by atoms with Gasteiger partial charge in [-0.1, -0.05) is 44.2 Å². The summed E-state index contributed by atoms with van der Waals surface area (Å²) in [6.45, 7) is 6.93. The first kappa shape index (κ1) is 22.2. The summed E-state index contributed by atoms with van der Waals surface area (Å²) in [5.41, 5.74) is 4.82. The minimum atomic E-state index is -0.133. The van der Waals surface area contributed by atoms with E-state index in [2.05, 4.69) is 36.9 Å². The van der Waals surface area contributed by atoms with Crippen molar-refractivity contribution in [3.63, 3.8) is 0 Å². The van der Waals surface area contributed by atoms with Crippen LogP contribution < -0.4 is 4.90 Å². The van der Waals surface area contributed by atoms with Gasteiger partial charge in [-0.15, -0.1) is 0 Å². The van der Waals surface area contributed by atoms with Gasteiger partial charge in [0.2, 0.25) is 0 Å². The van der Waals surface area contributed by atoms with Crippen molar-refractivity contribution in [1.29, 1.82) is 5.26 Å². The highest BCUT2D eigenvalue weighted by molar-refractivity contribution is 5.91. The molecule has 1 aromatic carbocycles.